The molecule has 0 aliphatic carbocycles. The van der Waals surface area contributed by atoms with E-state index in [4.69, 9.17) is 5.11 Å². The Morgan fingerprint density at radius 3 is 2.35 bits per heavy atom. The molecule has 0 radical (unpaired) electrons. The summed E-state index contributed by atoms with van der Waals surface area (Å²) in [5.74, 6) is -0.936. The van der Waals surface area contributed by atoms with Gasteiger partial charge in [0.25, 0.3) is 0 Å². The molecule has 0 spiro atoms. The number of rotatable bonds is 2. The molecule has 1 N–H and O–H groups in total. The largest absolute Gasteiger partial charge is 0.478 e. The number of carboxylic acid groups (broad SMARTS) is 1. The fourth-order valence-electron chi connectivity index (χ4n) is 1.54. The Hall–Kier alpha value is -1.13. The second kappa shape index (κ2) is 5.02. The molecular weight excluding hydrogens is 348 g/mol. The topological polar surface area (TPSA) is 37.3 Å². The predicted octanol–water partition coefficient (Wildman–Crippen LogP) is 4.58. The minimum Gasteiger partial charge on any atom is -0.478 e. The van der Waals surface area contributed by atoms with Crippen molar-refractivity contribution in [1.82, 2.24) is 0 Å². The lowest BCUT2D eigenvalue weighted by Gasteiger charge is -2.05. The smallest absolute Gasteiger partial charge is 0.336 e. The molecule has 2 rings (SSSR count). The zero-order chi connectivity index (χ0) is 12.4. The van der Waals surface area contributed by atoms with Crippen molar-refractivity contribution in [3.8, 4) is 11.1 Å². The zero-order valence-corrected chi connectivity index (χ0v) is 11.8. The summed E-state index contributed by atoms with van der Waals surface area (Å²) in [4.78, 5) is 11.0. The Kier molecular flexibility index (Phi) is 3.64. The molecule has 0 fully saturated rings. The van der Waals surface area contributed by atoms with Gasteiger partial charge in [-0.25, -0.2) is 4.79 Å². The Morgan fingerprint density at radius 2 is 1.71 bits per heavy atom. The van der Waals surface area contributed by atoms with Gasteiger partial charge < -0.3 is 5.11 Å². The predicted molar refractivity (Wildman–Crippen MR) is 74.2 cm³/mol. The molecule has 0 heterocycles. The molecule has 4 heteroatoms. The van der Waals surface area contributed by atoms with Crippen molar-refractivity contribution in [2.24, 2.45) is 0 Å². The summed E-state index contributed by atoms with van der Waals surface area (Å²) in [6, 6.07) is 13.0. The van der Waals surface area contributed by atoms with Gasteiger partial charge in [-0.15, -0.1) is 0 Å². The van der Waals surface area contributed by atoms with Gasteiger partial charge in [0.1, 0.15) is 0 Å². The van der Waals surface area contributed by atoms with Gasteiger partial charge in [-0.05, 0) is 51.3 Å². The molecule has 0 aliphatic rings. The Morgan fingerprint density at radius 1 is 1.00 bits per heavy atom. The van der Waals surface area contributed by atoms with Crippen molar-refractivity contribution >= 4 is 37.8 Å². The molecule has 0 bridgehead atoms. The first-order valence-corrected chi connectivity index (χ1v) is 6.45. The third-order valence-electron chi connectivity index (χ3n) is 2.35. The Balaban J connectivity index is 2.54. The molecular formula is C13H8Br2O2. The standard InChI is InChI=1S/C13H8Br2O2/c14-10-3-1-2-8(6-10)9-4-5-12(15)11(7-9)13(16)17/h1-7H,(H,16,17). The Labute approximate surface area is 116 Å². The summed E-state index contributed by atoms with van der Waals surface area (Å²) in [5.41, 5.74) is 2.13. The number of benzene rings is 2. The van der Waals surface area contributed by atoms with E-state index in [-0.39, 0.29) is 5.56 Å². The van der Waals surface area contributed by atoms with E-state index < -0.39 is 5.97 Å². The maximum absolute atomic E-state index is 11.0. The van der Waals surface area contributed by atoms with E-state index in [1.807, 2.05) is 30.3 Å². The zero-order valence-electron chi connectivity index (χ0n) is 8.65. The van der Waals surface area contributed by atoms with E-state index in [9.17, 15) is 4.79 Å². The van der Waals surface area contributed by atoms with E-state index in [0.29, 0.717) is 4.47 Å². The molecule has 0 saturated carbocycles. The molecule has 2 nitrogen and oxygen atoms in total. The first-order valence-electron chi connectivity index (χ1n) is 4.87. The Bertz CT molecular complexity index is 579. The minimum absolute atomic E-state index is 0.266. The third kappa shape index (κ3) is 2.76. The molecule has 2 aromatic rings. The molecule has 86 valence electrons. The number of aromatic carboxylic acids is 1. The van der Waals surface area contributed by atoms with Crippen molar-refractivity contribution in [3.63, 3.8) is 0 Å². The summed E-state index contributed by atoms with van der Waals surface area (Å²) >= 11 is 6.62. The summed E-state index contributed by atoms with van der Waals surface area (Å²) in [6.45, 7) is 0. The highest BCUT2D eigenvalue weighted by molar-refractivity contribution is 9.10. The van der Waals surface area contributed by atoms with Crippen LogP contribution in [-0.4, -0.2) is 11.1 Å². The highest BCUT2D eigenvalue weighted by Gasteiger charge is 2.09. The van der Waals surface area contributed by atoms with Crippen LogP contribution in [0.1, 0.15) is 10.4 Å². The summed E-state index contributed by atoms with van der Waals surface area (Å²) < 4.78 is 1.55. The average molecular weight is 356 g/mol. The lowest BCUT2D eigenvalue weighted by molar-refractivity contribution is 0.0696. The van der Waals surface area contributed by atoms with Crippen LogP contribution in [0.4, 0.5) is 0 Å². The highest BCUT2D eigenvalue weighted by Crippen LogP contribution is 2.27. The summed E-state index contributed by atoms with van der Waals surface area (Å²) in [5, 5.41) is 9.05. The molecule has 0 aromatic heterocycles. The van der Waals surface area contributed by atoms with Gasteiger partial charge in [0.2, 0.25) is 0 Å². The van der Waals surface area contributed by atoms with Gasteiger partial charge in [0.05, 0.1) is 5.56 Å². The van der Waals surface area contributed by atoms with Crippen molar-refractivity contribution in [3.05, 3.63) is 57.0 Å². The van der Waals surface area contributed by atoms with Crippen LogP contribution < -0.4 is 0 Å². The van der Waals surface area contributed by atoms with Crippen molar-refractivity contribution in [1.29, 1.82) is 0 Å². The summed E-state index contributed by atoms with van der Waals surface area (Å²) in [7, 11) is 0. The van der Waals surface area contributed by atoms with E-state index in [1.54, 1.807) is 12.1 Å². The van der Waals surface area contributed by atoms with Crippen LogP contribution in [0.3, 0.4) is 0 Å². The molecule has 2 aromatic carbocycles. The number of hydrogen-bond acceptors (Lipinski definition) is 1. The van der Waals surface area contributed by atoms with E-state index in [2.05, 4.69) is 31.9 Å². The summed E-state index contributed by atoms with van der Waals surface area (Å²) in [6.07, 6.45) is 0. The second-order valence-corrected chi connectivity index (χ2v) is 5.28. The van der Waals surface area contributed by atoms with Crippen LogP contribution in [0.15, 0.2) is 51.4 Å². The van der Waals surface area contributed by atoms with Crippen LogP contribution in [0.25, 0.3) is 11.1 Å². The van der Waals surface area contributed by atoms with Gasteiger partial charge in [-0.2, -0.15) is 0 Å². The van der Waals surface area contributed by atoms with Crippen LogP contribution >= 0.6 is 31.9 Å². The number of carboxylic acids is 1. The minimum atomic E-state index is -0.936. The normalized spacial score (nSPS) is 10.2. The van der Waals surface area contributed by atoms with E-state index >= 15 is 0 Å². The maximum Gasteiger partial charge on any atom is 0.336 e. The molecule has 0 atom stereocenters. The highest BCUT2D eigenvalue weighted by atomic mass is 79.9. The van der Waals surface area contributed by atoms with Gasteiger partial charge in [0.15, 0.2) is 0 Å². The second-order valence-electron chi connectivity index (χ2n) is 3.51. The van der Waals surface area contributed by atoms with E-state index in [1.165, 1.54) is 0 Å². The van der Waals surface area contributed by atoms with E-state index in [0.717, 1.165) is 15.6 Å². The van der Waals surface area contributed by atoms with Crippen molar-refractivity contribution in [2.45, 2.75) is 0 Å². The fourth-order valence-corrected chi connectivity index (χ4v) is 2.35. The lowest BCUT2D eigenvalue weighted by atomic mass is 10.0. The van der Waals surface area contributed by atoms with Gasteiger partial charge in [0, 0.05) is 8.95 Å². The van der Waals surface area contributed by atoms with Gasteiger partial charge >= 0.3 is 5.97 Å². The van der Waals surface area contributed by atoms with Crippen LogP contribution in [0.5, 0.6) is 0 Å². The van der Waals surface area contributed by atoms with Gasteiger partial charge in [-0.3, -0.25) is 0 Å². The monoisotopic (exact) mass is 354 g/mol. The number of halogens is 2. The molecule has 0 aliphatic heterocycles. The van der Waals surface area contributed by atoms with Crippen molar-refractivity contribution < 1.29 is 9.90 Å². The molecule has 0 unspecified atom stereocenters. The maximum atomic E-state index is 11.0. The first kappa shape index (κ1) is 12.3. The molecule has 17 heavy (non-hydrogen) atoms. The quantitative estimate of drug-likeness (QED) is 0.856. The fraction of sp³-hybridized carbons (Fsp3) is 0. The SMILES string of the molecule is O=C(O)c1cc(-c2cccc(Br)c2)ccc1Br. The van der Waals surface area contributed by atoms with Crippen LogP contribution in [-0.2, 0) is 0 Å². The number of hydrogen-bond donors (Lipinski definition) is 1. The molecule has 0 saturated heterocycles. The average Bonchev–Trinajstić information content (AvgIpc) is 2.29. The molecule has 0 amide bonds. The third-order valence-corrected chi connectivity index (χ3v) is 3.54. The van der Waals surface area contributed by atoms with Crippen LogP contribution in [0.2, 0.25) is 0 Å². The number of carbonyl (C=O) groups is 1. The van der Waals surface area contributed by atoms with Gasteiger partial charge in [-0.1, -0.05) is 34.1 Å². The van der Waals surface area contributed by atoms with Crippen LogP contribution in [0, 0.1) is 0 Å². The van der Waals surface area contributed by atoms with Crippen molar-refractivity contribution in [2.75, 3.05) is 0 Å². The first-order chi connectivity index (χ1) is 8.08. The lowest BCUT2D eigenvalue weighted by Crippen LogP contribution is -1.97.